The van der Waals surface area contributed by atoms with Gasteiger partial charge in [-0.3, -0.25) is 4.79 Å². The molecule has 0 unspecified atom stereocenters. The summed E-state index contributed by atoms with van der Waals surface area (Å²) in [7, 11) is 1.24. The van der Waals surface area contributed by atoms with E-state index >= 15 is 0 Å². The molecule has 1 aromatic rings. The van der Waals surface area contributed by atoms with Gasteiger partial charge >= 0.3 is 5.97 Å². The second-order valence-corrected chi connectivity index (χ2v) is 5.58. The van der Waals surface area contributed by atoms with Gasteiger partial charge in [-0.1, -0.05) is 0 Å². The van der Waals surface area contributed by atoms with Crippen LogP contribution in [0.1, 0.15) is 5.56 Å². The highest BCUT2D eigenvalue weighted by Gasteiger charge is 2.34. The average Bonchev–Trinajstić information content (AvgIpc) is 2.84. The third-order valence-electron chi connectivity index (χ3n) is 3.31. The monoisotopic (exact) mass is 379 g/mol. The fourth-order valence-corrected chi connectivity index (χ4v) is 2.64. The number of carbonyl (C=O) groups is 2. The average molecular weight is 380 g/mol. The summed E-state index contributed by atoms with van der Waals surface area (Å²) in [5.41, 5.74) is 1.32. The molecule has 0 atom stereocenters. The molecule has 0 saturated carbocycles. The molecule has 7 nitrogen and oxygen atoms in total. The Bertz CT molecular complexity index is 724. The number of nitriles is 1. The van der Waals surface area contributed by atoms with Crippen molar-refractivity contribution in [1.82, 2.24) is 4.90 Å². The van der Waals surface area contributed by atoms with Crippen molar-refractivity contribution < 1.29 is 19.4 Å². The fraction of sp³-hybridized carbons (Fsp3) is 0.267. The van der Waals surface area contributed by atoms with Crippen molar-refractivity contribution in [2.75, 3.05) is 32.1 Å². The molecule has 1 heterocycles. The standard InChI is InChI=1S/C15H14BrN3O4/c1-23-15(22)11-8-19(4-5-20)14(21)13(11)18-10-3-2-9(7-17)12(16)6-10/h2-3,6,18,20H,4-5,8H2,1H3. The van der Waals surface area contributed by atoms with Crippen LogP contribution in [0.5, 0.6) is 0 Å². The summed E-state index contributed by atoms with van der Waals surface area (Å²) in [6, 6.07) is 6.89. The molecule has 0 bridgehead atoms. The van der Waals surface area contributed by atoms with Gasteiger partial charge in [-0.25, -0.2) is 4.79 Å². The highest BCUT2D eigenvalue weighted by atomic mass is 79.9. The number of amides is 1. The van der Waals surface area contributed by atoms with Gasteiger partial charge in [0.1, 0.15) is 11.8 Å². The van der Waals surface area contributed by atoms with E-state index in [1.807, 2.05) is 6.07 Å². The van der Waals surface area contributed by atoms with Gasteiger partial charge in [-0.05, 0) is 34.1 Å². The van der Waals surface area contributed by atoms with Crippen LogP contribution in [0.3, 0.4) is 0 Å². The van der Waals surface area contributed by atoms with Gasteiger partial charge in [0.15, 0.2) is 0 Å². The molecular formula is C15H14BrN3O4. The smallest absolute Gasteiger partial charge is 0.337 e. The van der Waals surface area contributed by atoms with E-state index in [0.29, 0.717) is 15.7 Å². The number of carbonyl (C=O) groups excluding carboxylic acids is 2. The second-order valence-electron chi connectivity index (χ2n) is 4.73. The number of hydrogen-bond acceptors (Lipinski definition) is 6. The van der Waals surface area contributed by atoms with Crippen molar-refractivity contribution in [2.45, 2.75) is 0 Å². The van der Waals surface area contributed by atoms with Crippen molar-refractivity contribution in [2.24, 2.45) is 0 Å². The molecule has 2 N–H and O–H groups in total. The van der Waals surface area contributed by atoms with Crippen LogP contribution in [0, 0.1) is 11.3 Å². The van der Waals surface area contributed by atoms with Gasteiger partial charge in [0, 0.05) is 16.7 Å². The number of halogens is 1. The summed E-state index contributed by atoms with van der Waals surface area (Å²) in [5.74, 6) is -0.992. The quantitative estimate of drug-likeness (QED) is 0.739. The van der Waals surface area contributed by atoms with Crippen molar-refractivity contribution in [3.63, 3.8) is 0 Å². The summed E-state index contributed by atoms with van der Waals surface area (Å²) < 4.78 is 5.28. The topological polar surface area (TPSA) is 103 Å². The molecule has 1 aliphatic heterocycles. The normalized spacial score (nSPS) is 14.0. The molecule has 8 heteroatoms. The third kappa shape index (κ3) is 3.52. The third-order valence-corrected chi connectivity index (χ3v) is 3.97. The lowest BCUT2D eigenvalue weighted by Crippen LogP contribution is -2.31. The Balaban J connectivity index is 2.33. The molecule has 0 aromatic heterocycles. The number of aliphatic hydroxyl groups is 1. The zero-order valence-electron chi connectivity index (χ0n) is 12.3. The predicted molar refractivity (Wildman–Crippen MR) is 85.2 cm³/mol. The maximum absolute atomic E-state index is 12.4. The first kappa shape index (κ1) is 17.0. The van der Waals surface area contributed by atoms with Gasteiger partial charge in [0.05, 0.1) is 31.4 Å². The first-order valence-electron chi connectivity index (χ1n) is 6.70. The van der Waals surface area contributed by atoms with Gasteiger partial charge in [-0.2, -0.15) is 5.26 Å². The Morgan fingerprint density at radius 2 is 2.30 bits per heavy atom. The van der Waals surface area contributed by atoms with Crippen LogP contribution in [0.4, 0.5) is 5.69 Å². The zero-order valence-corrected chi connectivity index (χ0v) is 13.9. The van der Waals surface area contributed by atoms with E-state index in [4.69, 9.17) is 15.1 Å². The Hall–Kier alpha value is -2.37. The lowest BCUT2D eigenvalue weighted by Gasteiger charge is -2.15. The van der Waals surface area contributed by atoms with E-state index in [0.717, 1.165) is 0 Å². The minimum absolute atomic E-state index is 0.0752. The number of β-amino-alcohol motifs (C(OH)–C–C–N with tert-alkyl or cyclic N) is 1. The van der Waals surface area contributed by atoms with Crippen molar-refractivity contribution >= 4 is 33.5 Å². The highest BCUT2D eigenvalue weighted by Crippen LogP contribution is 2.26. The molecule has 0 aliphatic carbocycles. The molecule has 2 rings (SSSR count). The summed E-state index contributed by atoms with van der Waals surface area (Å²) in [6.07, 6.45) is 0. The molecule has 1 aliphatic rings. The number of anilines is 1. The van der Waals surface area contributed by atoms with E-state index in [1.165, 1.54) is 12.0 Å². The second kappa shape index (κ2) is 7.26. The summed E-state index contributed by atoms with van der Waals surface area (Å²) in [4.78, 5) is 25.6. The number of nitrogens with zero attached hydrogens (tertiary/aromatic N) is 2. The van der Waals surface area contributed by atoms with Crippen molar-refractivity contribution in [1.29, 1.82) is 5.26 Å². The van der Waals surface area contributed by atoms with Gasteiger partial charge < -0.3 is 20.1 Å². The number of benzene rings is 1. The van der Waals surface area contributed by atoms with Gasteiger partial charge in [-0.15, -0.1) is 0 Å². The lowest BCUT2D eigenvalue weighted by molar-refractivity contribution is -0.136. The molecule has 0 radical (unpaired) electrons. The number of aliphatic hydroxyl groups excluding tert-OH is 1. The molecule has 23 heavy (non-hydrogen) atoms. The lowest BCUT2D eigenvalue weighted by atomic mass is 10.2. The largest absolute Gasteiger partial charge is 0.466 e. The molecular weight excluding hydrogens is 366 g/mol. The Labute approximate surface area is 141 Å². The number of methoxy groups -OCH3 is 1. The van der Waals surface area contributed by atoms with Crippen LogP contribution in [0.15, 0.2) is 33.9 Å². The summed E-state index contributed by atoms with van der Waals surface area (Å²) >= 11 is 3.27. The van der Waals surface area contributed by atoms with E-state index in [9.17, 15) is 9.59 Å². The zero-order chi connectivity index (χ0) is 17.0. The molecule has 1 aromatic carbocycles. The van der Waals surface area contributed by atoms with E-state index in [2.05, 4.69) is 21.2 Å². The molecule has 0 spiro atoms. The number of hydrogen-bond donors (Lipinski definition) is 2. The minimum atomic E-state index is -0.603. The predicted octanol–water partition coefficient (Wildman–Crippen LogP) is 0.994. The fourth-order valence-electron chi connectivity index (χ4n) is 2.18. The van der Waals surface area contributed by atoms with Gasteiger partial charge in [0.25, 0.3) is 5.91 Å². The van der Waals surface area contributed by atoms with Crippen LogP contribution in [-0.4, -0.2) is 48.7 Å². The molecule has 120 valence electrons. The molecule has 1 amide bonds. The van der Waals surface area contributed by atoms with Crippen LogP contribution < -0.4 is 5.32 Å². The van der Waals surface area contributed by atoms with Crippen LogP contribution in [0.25, 0.3) is 0 Å². The van der Waals surface area contributed by atoms with Crippen molar-refractivity contribution in [3.8, 4) is 6.07 Å². The first-order chi connectivity index (χ1) is 11.0. The maximum Gasteiger partial charge on any atom is 0.337 e. The van der Waals surface area contributed by atoms with Crippen LogP contribution >= 0.6 is 15.9 Å². The number of nitrogens with one attached hydrogen (secondary N) is 1. The number of ether oxygens (including phenoxy) is 1. The van der Waals surface area contributed by atoms with E-state index in [1.54, 1.807) is 18.2 Å². The highest BCUT2D eigenvalue weighted by molar-refractivity contribution is 9.10. The summed E-state index contributed by atoms with van der Waals surface area (Å²) in [5, 5.41) is 20.8. The number of rotatable bonds is 5. The van der Waals surface area contributed by atoms with Crippen LogP contribution in [0.2, 0.25) is 0 Å². The Morgan fingerprint density at radius 3 is 2.87 bits per heavy atom. The summed E-state index contributed by atoms with van der Waals surface area (Å²) in [6.45, 7) is 0.00328. The van der Waals surface area contributed by atoms with E-state index in [-0.39, 0.29) is 36.9 Å². The Kier molecular flexibility index (Phi) is 5.36. The molecule has 0 fully saturated rings. The number of esters is 1. The maximum atomic E-state index is 12.4. The SMILES string of the molecule is COC(=O)C1=C(Nc2ccc(C#N)c(Br)c2)C(=O)N(CCO)C1. The minimum Gasteiger partial charge on any atom is -0.466 e. The van der Waals surface area contributed by atoms with Gasteiger partial charge in [0.2, 0.25) is 0 Å². The first-order valence-corrected chi connectivity index (χ1v) is 7.49. The Morgan fingerprint density at radius 1 is 1.57 bits per heavy atom. The van der Waals surface area contributed by atoms with Crippen LogP contribution in [-0.2, 0) is 14.3 Å². The van der Waals surface area contributed by atoms with Crippen molar-refractivity contribution in [3.05, 3.63) is 39.5 Å². The molecule has 0 saturated heterocycles. The van der Waals surface area contributed by atoms with E-state index < -0.39 is 5.97 Å².